The Morgan fingerprint density at radius 1 is 1.61 bits per heavy atom. The number of nitrogens with zero attached hydrogens (tertiary/aromatic N) is 4. The van der Waals surface area contributed by atoms with Gasteiger partial charge in [0.2, 0.25) is 11.9 Å². The molecule has 0 unspecified atom stereocenters. The van der Waals surface area contributed by atoms with E-state index in [9.17, 15) is 4.79 Å². The lowest BCUT2D eigenvalue weighted by atomic mass is 10.5. The molecule has 0 fully saturated rings. The second-order valence-corrected chi connectivity index (χ2v) is 4.68. The quantitative estimate of drug-likeness (QED) is 0.926. The lowest BCUT2D eigenvalue weighted by Crippen LogP contribution is -2.32. The van der Waals surface area contributed by atoms with Gasteiger partial charge in [-0.1, -0.05) is 0 Å². The Morgan fingerprint density at radius 3 is 3.06 bits per heavy atom. The fourth-order valence-electron chi connectivity index (χ4n) is 1.41. The van der Waals surface area contributed by atoms with Crippen LogP contribution in [0, 0.1) is 0 Å². The normalized spacial score (nSPS) is 10.6. The molecule has 2 aromatic heterocycles. The van der Waals surface area contributed by atoms with Crippen LogP contribution < -0.4 is 5.32 Å². The van der Waals surface area contributed by atoms with Gasteiger partial charge in [0, 0.05) is 19.8 Å². The average molecular weight is 312 g/mol. The molecular weight excluding hydrogens is 298 g/mol. The Balaban J connectivity index is 2.09. The van der Waals surface area contributed by atoms with E-state index < -0.39 is 0 Å². The first-order valence-corrected chi connectivity index (χ1v) is 6.40. The van der Waals surface area contributed by atoms with Crippen molar-refractivity contribution < 1.29 is 4.79 Å². The van der Waals surface area contributed by atoms with E-state index in [0.29, 0.717) is 12.5 Å². The van der Waals surface area contributed by atoms with Gasteiger partial charge in [-0.3, -0.25) is 4.79 Å². The monoisotopic (exact) mass is 311 g/mol. The van der Waals surface area contributed by atoms with Crippen LogP contribution in [0.3, 0.4) is 0 Å². The van der Waals surface area contributed by atoms with E-state index in [4.69, 9.17) is 0 Å². The maximum Gasteiger partial charge on any atom is 0.243 e. The van der Waals surface area contributed by atoms with Gasteiger partial charge < -0.3 is 10.2 Å². The Labute approximate surface area is 113 Å². The van der Waals surface area contributed by atoms with Gasteiger partial charge in [0.25, 0.3) is 0 Å². The van der Waals surface area contributed by atoms with Gasteiger partial charge in [-0.2, -0.15) is 4.98 Å². The highest BCUT2D eigenvalue weighted by Gasteiger charge is 2.09. The van der Waals surface area contributed by atoms with Crippen LogP contribution in [-0.2, 0) is 4.79 Å². The van der Waals surface area contributed by atoms with Crippen molar-refractivity contribution in [3.8, 4) is 0 Å². The molecule has 0 aliphatic rings. The molecule has 6 nitrogen and oxygen atoms in total. The smallest absolute Gasteiger partial charge is 0.243 e. The third-order valence-corrected chi connectivity index (χ3v) is 3.23. The first-order valence-electron chi connectivity index (χ1n) is 5.60. The first-order chi connectivity index (χ1) is 8.61. The van der Waals surface area contributed by atoms with E-state index in [1.165, 1.54) is 0 Å². The van der Waals surface area contributed by atoms with Crippen molar-refractivity contribution in [1.82, 2.24) is 19.5 Å². The second kappa shape index (κ2) is 5.34. The van der Waals surface area contributed by atoms with Crippen molar-refractivity contribution in [2.75, 3.05) is 25.5 Å². The Morgan fingerprint density at radius 2 is 2.39 bits per heavy atom. The third-order valence-electron chi connectivity index (χ3n) is 2.61. The van der Waals surface area contributed by atoms with E-state index in [0.717, 1.165) is 10.1 Å². The van der Waals surface area contributed by atoms with Crippen LogP contribution in [0.15, 0.2) is 22.8 Å². The summed E-state index contributed by atoms with van der Waals surface area (Å²) in [5.41, 5.74) is 0.719. The Kier molecular flexibility index (Phi) is 3.81. The number of aromatic nitrogens is 3. The van der Waals surface area contributed by atoms with Crippen LogP contribution in [0.5, 0.6) is 0 Å². The van der Waals surface area contributed by atoms with Gasteiger partial charge in [-0.15, -0.1) is 5.10 Å². The summed E-state index contributed by atoms with van der Waals surface area (Å²) in [4.78, 5) is 17.6. The first kappa shape index (κ1) is 12.8. The number of nitrogens with one attached hydrogen (secondary N) is 1. The minimum atomic E-state index is 0.00965. The fraction of sp³-hybridized carbons (Fsp3) is 0.364. The molecule has 2 heterocycles. The largest absolute Gasteiger partial charge is 0.345 e. The van der Waals surface area contributed by atoms with Crippen molar-refractivity contribution in [2.24, 2.45) is 0 Å². The minimum absolute atomic E-state index is 0.00965. The summed E-state index contributed by atoms with van der Waals surface area (Å²) in [6.07, 6.45) is 1.80. The molecule has 2 rings (SSSR count). The zero-order chi connectivity index (χ0) is 13.1. The Bertz CT molecular complexity index is 568. The number of pyridine rings is 1. The number of hydrogen-bond donors (Lipinski definition) is 1. The number of likely N-dealkylation sites (N-methyl/N-ethyl adjacent to an activating group) is 1. The highest BCUT2D eigenvalue weighted by Crippen LogP contribution is 2.16. The molecule has 0 radical (unpaired) electrons. The van der Waals surface area contributed by atoms with E-state index in [2.05, 4.69) is 31.3 Å². The van der Waals surface area contributed by atoms with Gasteiger partial charge in [0.1, 0.15) is 0 Å². The molecule has 0 saturated carbocycles. The predicted octanol–water partition coefficient (Wildman–Crippen LogP) is 1.38. The fourth-order valence-corrected chi connectivity index (χ4v) is 1.84. The highest BCUT2D eigenvalue weighted by atomic mass is 79.9. The van der Waals surface area contributed by atoms with E-state index >= 15 is 0 Å². The maximum absolute atomic E-state index is 11.6. The molecular formula is C11H14BrN5O. The zero-order valence-corrected chi connectivity index (χ0v) is 11.8. The molecule has 1 amide bonds. The topological polar surface area (TPSA) is 62.5 Å². The van der Waals surface area contributed by atoms with E-state index in [-0.39, 0.29) is 12.5 Å². The van der Waals surface area contributed by atoms with Crippen LogP contribution in [0.1, 0.15) is 6.92 Å². The number of amides is 1. The molecule has 0 bridgehead atoms. The van der Waals surface area contributed by atoms with Crippen molar-refractivity contribution in [3.63, 3.8) is 0 Å². The number of fused-ring (bicyclic) bond motifs is 1. The average Bonchev–Trinajstić information content (AvgIpc) is 2.79. The summed E-state index contributed by atoms with van der Waals surface area (Å²) in [6.45, 7) is 2.81. The number of rotatable bonds is 4. The summed E-state index contributed by atoms with van der Waals surface area (Å²) in [7, 11) is 1.76. The maximum atomic E-state index is 11.6. The lowest BCUT2D eigenvalue weighted by Gasteiger charge is -2.13. The standard InChI is InChI=1S/C11H14BrN5O/c1-3-16(2)9(18)7-13-11-14-10-8(12)5-4-6-17(10)15-11/h4-6H,3,7H2,1-2H3,(H,13,15). The summed E-state index contributed by atoms with van der Waals surface area (Å²) in [5, 5.41) is 7.15. The molecule has 1 N–H and O–H groups in total. The Hall–Kier alpha value is -1.63. The number of carbonyl (C=O) groups excluding carboxylic acids is 1. The number of halogens is 1. The van der Waals surface area contributed by atoms with Gasteiger partial charge in [0.15, 0.2) is 5.65 Å². The summed E-state index contributed by atoms with van der Waals surface area (Å²) in [6, 6.07) is 3.76. The van der Waals surface area contributed by atoms with E-state index in [1.807, 2.05) is 19.1 Å². The minimum Gasteiger partial charge on any atom is -0.345 e. The van der Waals surface area contributed by atoms with Crippen LogP contribution in [0.2, 0.25) is 0 Å². The second-order valence-electron chi connectivity index (χ2n) is 3.82. The lowest BCUT2D eigenvalue weighted by molar-refractivity contribution is -0.127. The van der Waals surface area contributed by atoms with Gasteiger partial charge in [0.05, 0.1) is 11.0 Å². The van der Waals surface area contributed by atoms with Crippen molar-refractivity contribution in [1.29, 1.82) is 0 Å². The summed E-state index contributed by atoms with van der Waals surface area (Å²) in [5.74, 6) is 0.454. The molecule has 0 aliphatic heterocycles. The number of hydrogen-bond acceptors (Lipinski definition) is 4. The van der Waals surface area contributed by atoms with Crippen molar-refractivity contribution in [3.05, 3.63) is 22.8 Å². The molecule has 0 aliphatic carbocycles. The molecule has 7 heteroatoms. The molecule has 0 spiro atoms. The molecule has 0 aromatic carbocycles. The SMILES string of the molecule is CCN(C)C(=O)CNc1nc2c(Br)cccn2n1. The van der Waals surface area contributed by atoms with Crippen LogP contribution >= 0.6 is 15.9 Å². The van der Waals surface area contributed by atoms with Crippen molar-refractivity contribution in [2.45, 2.75) is 6.92 Å². The molecule has 18 heavy (non-hydrogen) atoms. The van der Waals surface area contributed by atoms with Gasteiger partial charge in [-0.25, -0.2) is 4.52 Å². The van der Waals surface area contributed by atoms with Crippen LogP contribution in [-0.4, -0.2) is 45.5 Å². The molecule has 0 atom stereocenters. The van der Waals surface area contributed by atoms with Gasteiger partial charge >= 0.3 is 0 Å². The molecule has 96 valence electrons. The van der Waals surface area contributed by atoms with Crippen LogP contribution in [0.4, 0.5) is 5.95 Å². The summed E-state index contributed by atoms with van der Waals surface area (Å²) < 4.78 is 2.52. The zero-order valence-electron chi connectivity index (χ0n) is 10.2. The van der Waals surface area contributed by atoms with Crippen molar-refractivity contribution >= 4 is 33.4 Å². The third kappa shape index (κ3) is 2.61. The number of anilines is 1. The highest BCUT2D eigenvalue weighted by molar-refractivity contribution is 9.10. The molecule has 2 aromatic rings. The summed E-state index contributed by atoms with van der Waals surface area (Å²) >= 11 is 3.40. The van der Waals surface area contributed by atoms with Crippen LogP contribution in [0.25, 0.3) is 5.65 Å². The number of carbonyl (C=O) groups is 1. The predicted molar refractivity (Wildman–Crippen MR) is 72.5 cm³/mol. The molecule has 0 saturated heterocycles. The van der Waals surface area contributed by atoms with Gasteiger partial charge in [-0.05, 0) is 35.0 Å². The van der Waals surface area contributed by atoms with E-state index in [1.54, 1.807) is 22.7 Å².